The van der Waals surface area contributed by atoms with Crippen LogP contribution in [-0.4, -0.2) is 17.0 Å². The normalized spacial score (nSPS) is 10.7. The van der Waals surface area contributed by atoms with Crippen molar-refractivity contribution in [3.05, 3.63) is 68.7 Å². The Morgan fingerprint density at radius 2 is 1.65 bits per heavy atom. The van der Waals surface area contributed by atoms with Crippen LogP contribution in [-0.2, 0) is 4.79 Å². The van der Waals surface area contributed by atoms with E-state index in [-0.39, 0.29) is 16.3 Å². The summed E-state index contributed by atoms with van der Waals surface area (Å²) in [5.74, 6) is -1.57. The molecule has 2 N–H and O–H groups in total. The van der Waals surface area contributed by atoms with Gasteiger partial charge in [-0.05, 0) is 42.0 Å². The molecule has 0 aliphatic heterocycles. The molecule has 0 bridgehead atoms. The minimum Gasteiger partial charge on any atom is -0.478 e. The lowest BCUT2D eigenvalue weighted by atomic mass is 10.2. The second kappa shape index (κ2) is 7.51. The molecule has 0 unspecified atom stereocenters. The Morgan fingerprint density at radius 3 is 2.30 bits per heavy atom. The third kappa shape index (κ3) is 4.73. The van der Waals surface area contributed by atoms with E-state index in [1.54, 1.807) is 24.3 Å². The quantitative estimate of drug-likeness (QED) is 0.745. The lowest BCUT2D eigenvalue weighted by molar-refractivity contribution is -0.111. The predicted octanol–water partition coefficient (Wildman–Crippen LogP) is 5.00. The molecule has 0 aromatic heterocycles. The van der Waals surface area contributed by atoms with Gasteiger partial charge in [0.2, 0.25) is 5.91 Å². The summed E-state index contributed by atoms with van der Waals surface area (Å²) in [5, 5.41) is 12.5. The zero-order chi connectivity index (χ0) is 17.0. The van der Waals surface area contributed by atoms with Gasteiger partial charge in [-0.15, -0.1) is 0 Å². The molecule has 7 heteroatoms. The van der Waals surface area contributed by atoms with Gasteiger partial charge in [-0.3, -0.25) is 4.79 Å². The van der Waals surface area contributed by atoms with Crippen LogP contribution in [0.4, 0.5) is 5.69 Å². The highest BCUT2D eigenvalue weighted by Gasteiger charge is 2.09. The Labute approximate surface area is 147 Å². The van der Waals surface area contributed by atoms with Crippen molar-refractivity contribution in [2.24, 2.45) is 0 Å². The van der Waals surface area contributed by atoms with Gasteiger partial charge in [-0.25, -0.2) is 4.79 Å². The zero-order valence-corrected chi connectivity index (χ0v) is 13.8. The molecule has 2 rings (SSSR count). The summed E-state index contributed by atoms with van der Waals surface area (Å²) in [6, 6.07) is 8.99. The first-order chi connectivity index (χ1) is 10.9. The first kappa shape index (κ1) is 17.3. The van der Waals surface area contributed by atoms with E-state index < -0.39 is 11.9 Å². The highest BCUT2D eigenvalue weighted by Crippen LogP contribution is 2.24. The van der Waals surface area contributed by atoms with Gasteiger partial charge in [0.15, 0.2) is 0 Å². The molecule has 2 aromatic carbocycles. The van der Waals surface area contributed by atoms with Crippen molar-refractivity contribution in [3.63, 3.8) is 0 Å². The average molecular weight is 371 g/mol. The van der Waals surface area contributed by atoms with Crippen molar-refractivity contribution in [3.8, 4) is 0 Å². The van der Waals surface area contributed by atoms with Gasteiger partial charge in [-0.1, -0.05) is 40.9 Å². The lowest BCUT2D eigenvalue weighted by Gasteiger charge is -2.06. The summed E-state index contributed by atoms with van der Waals surface area (Å²) < 4.78 is 0. The van der Waals surface area contributed by atoms with Crippen molar-refractivity contribution in [2.75, 3.05) is 5.32 Å². The molecule has 1 amide bonds. The molecule has 0 aliphatic carbocycles. The van der Waals surface area contributed by atoms with Crippen molar-refractivity contribution in [1.82, 2.24) is 0 Å². The van der Waals surface area contributed by atoms with E-state index in [2.05, 4.69) is 5.32 Å². The first-order valence-electron chi connectivity index (χ1n) is 6.34. The molecule has 0 saturated carbocycles. The molecular weight excluding hydrogens is 361 g/mol. The number of halogens is 3. The van der Waals surface area contributed by atoms with Gasteiger partial charge in [0.05, 0.1) is 26.3 Å². The van der Waals surface area contributed by atoms with Crippen molar-refractivity contribution in [1.29, 1.82) is 0 Å². The predicted molar refractivity (Wildman–Crippen MR) is 92.5 cm³/mol. The molecule has 2 aromatic rings. The molecule has 0 heterocycles. The second-order valence-electron chi connectivity index (χ2n) is 4.50. The molecule has 0 radical (unpaired) electrons. The van der Waals surface area contributed by atoms with E-state index in [0.29, 0.717) is 15.6 Å². The number of carboxylic acids is 1. The van der Waals surface area contributed by atoms with Crippen molar-refractivity contribution >= 4 is 58.4 Å². The zero-order valence-electron chi connectivity index (χ0n) is 11.5. The van der Waals surface area contributed by atoms with E-state index in [1.807, 2.05) is 0 Å². The van der Waals surface area contributed by atoms with Gasteiger partial charge in [0.1, 0.15) is 0 Å². The Kier molecular flexibility index (Phi) is 5.66. The van der Waals surface area contributed by atoms with Gasteiger partial charge in [-0.2, -0.15) is 0 Å². The summed E-state index contributed by atoms with van der Waals surface area (Å²) >= 11 is 17.6. The summed E-state index contributed by atoms with van der Waals surface area (Å²) in [5.41, 5.74) is 0.938. The van der Waals surface area contributed by atoms with E-state index >= 15 is 0 Å². The highest BCUT2D eigenvalue weighted by atomic mass is 35.5. The first-order valence-corrected chi connectivity index (χ1v) is 7.47. The number of carboxylic acid groups (broad SMARTS) is 1. The maximum atomic E-state index is 11.9. The fraction of sp³-hybridized carbons (Fsp3) is 0. The highest BCUT2D eigenvalue weighted by molar-refractivity contribution is 6.42. The van der Waals surface area contributed by atoms with Crippen LogP contribution in [0.5, 0.6) is 0 Å². The fourth-order valence-electron chi connectivity index (χ4n) is 1.72. The molecular formula is C16H10Cl3NO3. The largest absolute Gasteiger partial charge is 0.478 e. The van der Waals surface area contributed by atoms with Crippen LogP contribution < -0.4 is 5.32 Å². The van der Waals surface area contributed by atoms with Crippen LogP contribution >= 0.6 is 34.8 Å². The Hall–Kier alpha value is -2.01. The number of carbonyl (C=O) groups excluding carboxylic acids is 1. The van der Waals surface area contributed by atoms with Crippen molar-refractivity contribution in [2.45, 2.75) is 0 Å². The van der Waals surface area contributed by atoms with E-state index in [1.165, 1.54) is 24.3 Å². The van der Waals surface area contributed by atoms with Gasteiger partial charge < -0.3 is 10.4 Å². The third-order valence-electron chi connectivity index (χ3n) is 2.84. The molecule has 0 saturated heterocycles. The molecule has 4 nitrogen and oxygen atoms in total. The van der Waals surface area contributed by atoms with Crippen LogP contribution in [0.15, 0.2) is 42.5 Å². The van der Waals surface area contributed by atoms with Crippen LogP contribution in [0, 0.1) is 0 Å². The van der Waals surface area contributed by atoms with E-state index in [9.17, 15) is 9.59 Å². The number of amides is 1. The minimum atomic E-state index is -1.11. The molecule has 0 aliphatic rings. The number of aromatic carboxylic acids is 1. The van der Waals surface area contributed by atoms with Crippen LogP contribution in [0.25, 0.3) is 6.08 Å². The van der Waals surface area contributed by atoms with Crippen LogP contribution in [0.3, 0.4) is 0 Å². The summed E-state index contributed by atoms with van der Waals surface area (Å²) in [4.78, 5) is 22.8. The maximum Gasteiger partial charge on any atom is 0.335 e. The second-order valence-corrected chi connectivity index (χ2v) is 5.72. The molecule has 0 spiro atoms. The standard InChI is InChI=1S/C16H10Cl3NO3/c17-11-4-1-9(7-13(11)19)2-6-15(21)20-14-8-10(16(22)23)3-5-12(14)18/h1-8H,(H,20,21)(H,22,23). The monoisotopic (exact) mass is 369 g/mol. The average Bonchev–Trinajstić information content (AvgIpc) is 2.50. The Balaban J connectivity index is 2.13. The summed E-state index contributed by atoms with van der Waals surface area (Å²) in [7, 11) is 0. The lowest BCUT2D eigenvalue weighted by Crippen LogP contribution is -2.09. The number of hydrogen-bond donors (Lipinski definition) is 2. The number of carbonyl (C=O) groups is 2. The SMILES string of the molecule is O=C(C=Cc1ccc(Cl)c(Cl)c1)Nc1cc(C(=O)O)ccc1Cl. The van der Waals surface area contributed by atoms with E-state index in [4.69, 9.17) is 39.9 Å². The van der Waals surface area contributed by atoms with Gasteiger partial charge >= 0.3 is 5.97 Å². The summed E-state index contributed by atoms with van der Waals surface area (Å²) in [6.45, 7) is 0. The number of hydrogen-bond acceptors (Lipinski definition) is 2. The van der Waals surface area contributed by atoms with Crippen LogP contribution in [0.1, 0.15) is 15.9 Å². The molecule has 118 valence electrons. The number of nitrogens with one attached hydrogen (secondary N) is 1. The Morgan fingerprint density at radius 1 is 0.957 bits per heavy atom. The third-order valence-corrected chi connectivity index (χ3v) is 3.91. The number of anilines is 1. The topological polar surface area (TPSA) is 66.4 Å². The fourth-order valence-corrected chi connectivity index (χ4v) is 2.19. The number of benzene rings is 2. The molecule has 0 fully saturated rings. The van der Waals surface area contributed by atoms with Crippen molar-refractivity contribution < 1.29 is 14.7 Å². The molecule has 23 heavy (non-hydrogen) atoms. The summed E-state index contributed by atoms with van der Waals surface area (Å²) in [6.07, 6.45) is 2.83. The van der Waals surface area contributed by atoms with Crippen LogP contribution in [0.2, 0.25) is 15.1 Å². The maximum absolute atomic E-state index is 11.9. The molecule has 0 atom stereocenters. The minimum absolute atomic E-state index is 0.0261. The Bertz CT molecular complexity index is 803. The smallest absolute Gasteiger partial charge is 0.335 e. The van der Waals surface area contributed by atoms with E-state index in [0.717, 1.165) is 0 Å². The van der Waals surface area contributed by atoms with Gasteiger partial charge in [0.25, 0.3) is 0 Å². The number of rotatable bonds is 4. The van der Waals surface area contributed by atoms with Gasteiger partial charge in [0, 0.05) is 6.08 Å².